The highest BCUT2D eigenvalue weighted by molar-refractivity contribution is 4.82. The van der Waals surface area contributed by atoms with Crippen LogP contribution in [0.1, 0.15) is 60.3 Å². The lowest BCUT2D eigenvalue weighted by Crippen LogP contribution is -2.47. The number of nitrogens with one attached hydrogen (secondary N) is 1. The fourth-order valence-electron chi connectivity index (χ4n) is 3.04. The van der Waals surface area contributed by atoms with Crippen molar-refractivity contribution in [3.63, 3.8) is 0 Å². The lowest BCUT2D eigenvalue weighted by Gasteiger charge is -2.40. The Balaban J connectivity index is 2.37. The number of hydrogen-bond acceptors (Lipinski definition) is 2. The molecule has 108 valence electrons. The van der Waals surface area contributed by atoms with Crippen LogP contribution in [0, 0.1) is 11.3 Å². The van der Waals surface area contributed by atoms with Crippen LogP contribution in [0.5, 0.6) is 0 Å². The summed E-state index contributed by atoms with van der Waals surface area (Å²) in [5.74, 6) is 0.749. The maximum absolute atomic E-state index is 3.62. The summed E-state index contributed by atoms with van der Waals surface area (Å²) in [5, 5.41) is 3.62. The highest BCUT2D eigenvalue weighted by Crippen LogP contribution is 2.24. The molecule has 0 amide bonds. The first-order valence-electron chi connectivity index (χ1n) is 7.89. The van der Waals surface area contributed by atoms with E-state index in [4.69, 9.17) is 0 Å². The first-order chi connectivity index (χ1) is 8.44. The van der Waals surface area contributed by atoms with Crippen LogP contribution in [0.3, 0.4) is 0 Å². The molecule has 0 spiro atoms. The molecule has 18 heavy (non-hydrogen) atoms. The zero-order valence-corrected chi connectivity index (χ0v) is 13.3. The Kier molecular flexibility index (Phi) is 6.65. The number of nitrogens with zero attached hydrogens (tertiary/aromatic N) is 1. The van der Waals surface area contributed by atoms with Crippen LogP contribution in [-0.2, 0) is 0 Å². The molecule has 0 aromatic heterocycles. The fourth-order valence-corrected chi connectivity index (χ4v) is 3.04. The summed E-state index contributed by atoms with van der Waals surface area (Å²) in [5.41, 5.74) is 0.389. The molecule has 0 radical (unpaired) electrons. The number of hydrogen-bond donors (Lipinski definition) is 1. The van der Waals surface area contributed by atoms with Gasteiger partial charge in [0.15, 0.2) is 0 Å². The van der Waals surface area contributed by atoms with E-state index in [1.54, 1.807) is 0 Å². The van der Waals surface area contributed by atoms with Gasteiger partial charge >= 0.3 is 0 Å². The Morgan fingerprint density at radius 2 is 2.00 bits per heavy atom. The second-order valence-corrected chi connectivity index (χ2v) is 7.22. The molecule has 1 fully saturated rings. The van der Waals surface area contributed by atoms with Gasteiger partial charge in [-0.1, -0.05) is 41.0 Å². The summed E-state index contributed by atoms with van der Waals surface area (Å²) in [4.78, 5) is 2.74. The zero-order valence-electron chi connectivity index (χ0n) is 13.3. The molecule has 1 aliphatic heterocycles. The third-order valence-corrected chi connectivity index (χ3v) is 4.01. The molecule has 0 aromatic rings. The van der Waals surface area contributed by atoms with E-state index >= 15 is 0 Å². The van der Waals surface area contributed by atoms with E-state index in [1.165, 1.54) is 38.8 Å². The predicted molar refractivity (Wildman–Crippen MR) is 81.0 cm³/mol. The Morgan fingerprint density at radius 3 is 2.61 bits per heavy atom. The van der Waals surface area contributed by atoms with Crippen LogP contribution in [0.4, 0.5) is 0 Å². The molecule has 0 aromatic carbocycles. The molecule has 1 rings (SSSR count). The van der Waals surface area contributed by atoms with E-state index in [-0.39, 0.29) is 0 Å². The third-order valence-electron chi connectivity index (χ3n) is 4.01. The van der Waals surface area contributed by atoms with E-state index in [0.717, 1.165) is 25.0 Å². The molecule has 0 aliphatic carbocycles. The summed E-state index contributed by atoms with van der Waals surface area (Å²) in [7, 11) is 0. The molecule has 0 saturated carbocycles. The van der Waals surface area contributed by atoms with Gasteiger partial charge in [0.2, 0.25) is 0 Å². The van der Waals surface area contributed by atoms with Crippen molar-refractivity contribution >= 4 is 0 Å². The van der Waals surface area contributed by atoms with E-state index in [0.29, 0.717) is 5.41 Å². The van der Waals surface area contributed by atoms with Gasteiger partial charge in [-0.05, 0) is 43.7 Å². The Bertz CT molecular complexity index is 223. The average molecular weight is 254 g/mol. The maximum atomic E-state index is 3.62. The van der Waals surface area contributed by atoms with E-state index in [1.807, 2.05) is 0 Å². The van der Waals surface area contributed by atoms with Crippen LogP contribution in [-0.4, -0.2) is 37.1 Å². The van der Waals surface area contributed by atoms with Gasteiger partial charge in [0.25, 0.3) is 0 Å². The van der Waals surface area contributed by atoms with Crippen LogP contribution < -0.4 is 5.32 Å². The molecule has 1 N–H and O–H groups in total. The quantitative estimate of drug-likeness (QED) is 0.748. The molecule has 1 saturated heterocycles. The minimum absolute atomic E-state index is 0.389. The van der Waals surface area contributed by atoms with Gasteiger partial charge in [-0.25, -0.2) is 0 Å². The maximum Gasteiger partial charge on any atom is 0.00928 e. The molecule has 1 atom stereocenters. The van der Waals surface area contributed by atoms with Crippen LogP contribution in [0.15, 0.2) is 0 Å². The highest BCUT2D eigenvalue weighted by atomic mass is 15.2. The Morgan fingerprint density at radius 1 is 1.28 bits per heavy atom. The second kappa shape index (κ2) is 7.49. The minimum Gasteiger partial charge on any atom is -0.316 e. The monoisotopic (exact) mass is 254 g/mol. The predicted octanol–water partition coefficient (Wildman–Crippen LogP) is 3.52. The van der Waals surface area contributed by atoms with Gasteiger partial charge in [0.1, 0.15) is 0 Å². The number of piperidine rings is 1. The zero-order chi connectivity index (χ0) is 13.6. The average Bonchev–Trinajstić information content (AvgIpc) is 2.28. The Hall–Kier alpha value is -0.0800. The summed E-state index contributed by atoms with van der Waals surface area (Å²) >= 11 is 0. The second-order valence-electron chi connectivity index (χ2n) is 7.22. The number of rotatable bonds is 7. The van der Waals surface area contributed by atoms with E-state index in [9.17, 15) is 0 Å². The van der Waals surface area contributed by atoms with E-state index in [2.05, 4.69) is 44.8 Å². The first kappa shape index (κ1) is 16.0. The standard InChI is InChI=1S/C16H34N2/c1-6-15-9-7-8-10-18(15)13-16(4,5)12-17-11-14(2)3/h14-15,17H,6-13H2,1-5H3. The van der Waals surface area contributed by atoms with Crippen molar-refractivity contribution in [3.8, 4) is 0 Å². The van der Waals surface area contributed by atoms with Crippen molar-refractivity contribution in [2.45, 2.75) is 66.3 Å². The van der Waals surface area contributed by atoms with Crippen molar-refractivity contribution < 1.29 is 0 Å². The van der Waals surface area contributed by atoms with Gasteiger partial charge in [0.05, 0.1) is 0 Å². The van der Waals surface area contributed by atoms with Gasteiger partial charge in [-0.15, -0.1) is 0 Å². The molecule has 1 heterocycles. The highest BCUT2D eigenvalue weighted by Gasteiger charge is 2.27. The van der Waals surface area contributed by atoms with Crippen molar-refractivity contribution in [2.24, 2.45) is 11.3 Å². The topological polar surface area (TPSA) is 15.3 Å². The number of likely N-dealkylation sites (tertiary alicyclic amines) is 1. The van der Waals surface area contributed by atoms with Crippen molar-refractivity contribution in [3.05, 3.63) is 0 Å². The fraction of sp³-hybridized carbons (Fsp3) is 1.00. The SMILES string of the molecule is CCC1CCCCN1CC(C)(C)CNCC(C)C. The van der Waals surface area contributed by atoms with Crippen LogP contribution in [0.25, 0.3) is 0 Å². The first-order valence-corrected chi connectivity index (χ1v) is 7.89. The van der Waals surface area contributed by atoms with Gasteiger partial charge < -0.3 is 5.32 Å². The smallest absolute Gasteiger partial charge is 0.00928 e. The van der Waals surface area contributed by atoms with Crippen LogP contribution >= 0.6 is 0 Å². The molecule has 1 aliphatic rings. The summed E-state index contributed by atoms with van der Waals surface area (Å²) in [6, 6.07) is 0.836. The third kappa shape index (κ3) is 5.71. The normalized spacial score (nSPS) is 22.7. The molecule has 2 heteroatoms. The van der Waals surface area contributed by atoms with Gasteiger partial charge in [-0.2, -0.15) is 0 Å². The Labute approximate surface area is 115 Å². The van der Waals surface area contributed by atoms with Crippen molar-refractivity contribution in [1.82, 2.24) is 10.2 Å². The van der Waals surface area contributed by atoms with Crippen LogP contribution in [0.2, 0.25) is 0 Å². The molecule has 1 unspecified atom stereocenters. The minimum atomic E-state index is 0.389. The van der Waals surface area contributed by atoms with E-state index < -0.39 is 0 Å². The summed E-state index contributed by atoms with van der Waals surface area (Å²) < 4.78 is 0. The molecular weight excluding hydrogens is 220 g/mol. The summed E-state index contributed by atoms with van der Waals surface area (Å²) in [6.07, 6.45) is 5.55. The molecule has 2 nitrogen and oxygen atoms in total. The van der Waals surface area contributed by atoms with Crippen molar-refractivity contribution in [1.29, 1.82) is 0 Å². The van der Waals surface area contributed by atoms with Gasteiger partial charge in [-0.3, -0.25) is 4.90 Å². The lowest BCUT2D eigenvalue weighted by atomic mass is 9.89. The van der Waals surface area contributed by atoms with Crippen molar-refractivity contribution in [2.75, 3.05) is 26.2 Å². The molecular formula is C16H34N2. The summed E-state index contributed by atoms with van der Waals surface area (Å²) in [6.45, 7) is 16.5. The van der Waals surface area contributed by atoms with Gasteiger partial charge in [0, 0.05) is 19.1 Å². The molecule has 0 bridgehead atoms. The lowest BCUT2D eigenvalue weighted by molar-refractivity contribution is 0.0924. The largest absolute Gasteiger partial charge is 0.316 e.